The lowest BCUT2D eigenvalue weighted by Gasteiger charge is -2.07. The van der Waals surface area contributed by atoms with Gasteiger partial charge < -0.3 is 14.0 Å². The van der Waals surface area contributed by atoms with Crippen molar-refractivity contribution in [2.75, 3.05) is 14.2 Å². The molecule has 0 N–H and O–H groups in total. The van der Waals surface area contributed by atoms with E-state index in [4.69, 9.17) is 9.47 Å². The topological polar surface area (TPSA) is 57.5 Å². The first-order valence-corrected chi connectivity index (χ1v) is 6.76. The number of esters is 2. The summed E-state index contributed by atoms with van der Waals surface area (Å²) in [4.78, 5) is 24.0. The predicted octanol–water partition coefficient (Wildman–Crippen LogP) is 2.90. The van der Waals surface area contributed by atoms with Crippen LogP contribution in [0.4, 0.5) is 0 Å². The molecule has 0 unspecified atom stereocenters. The highest BCUT2D eigenvalue weighted by molar-refractivity contribution is 6.14. The monoisotopic (exact) mass is 297 g/mol. The molecule has 22 heavy (non-hydrogen) atoms. The summed E-state index contributed by atoms with van der Waals surface area (Å²) < 4.78 is 11.5. The third-order valence-electron chi connectivity index (χ3n) is 3.86. The van der Waals surface area contributed by atoms with E-state index in [9.17, 15) is 9.59 Å². The Labute approximate surface area is 127 Å². The molecule has 0 saturated heterocycles. The van der Waals surface area contributed by atoms with Gasteiger partial charge in [0.25, 0.3) is 0 Å². The van der Waals surface area contributed by atoms with Crippen molar-refractivity contribution in [2.24, 2.45) is 7.05 Å². The molecule has 0 amide bonds. The minimum absolute atomic E-state index is 0.202. The molecule has 1 heterocycles. The van der Waals surface area contributed by atoms with Crippen molar-refractivity contribution in [3.05, 3.63) is 47.5 Å². The number of hydrogen-bond donors (Lipinski definition) is 0. The molecular formula is C17H15NO4. The zero-order valence-electron chi connectivity index (χ0n) is 12.5. The van der Waals surface area contributed by atoms with E-state index in [0.717, 1.165) is 21.8 Å². The van der Waals surface area contributed by atoms with Gasteiger partial charge in [0.15, 0.2) is 0 Å². The first kappa shape index (κ1) is 14.1. The molecule has 0 radical (unpaired) electrons. The average molecular weight is 297 g/mol. The Kier molecular flexibility index (Phi) is 3.33. The number of carbonyl (C=O) groups is 2. The number of fused-ring (bicyclic) bond motifs is 3. The number of aromatic nitrogens is 1. The van der Waals surface area contributed by atoms with E-state index in [2.05, 4.69) is 0 Å². The van der Waals surface area contributed by atoms with E-state index in [1.54, 1.807) is 12.1 Å². The Morgan fingerprint density at radius 2 is 1.45 bits per heavy atom. The Morgan fingerprint density at radius 1 is 0.864 bits per heavy atom. The standard InChI is InChI=1S/C17H15NO4/c1-18-14-7-5-4-6-10(14)11-8-12(16(19)21-2)13(9-15(11)18)17(20)22-3/h4-9H,1-3H3. The van der Waals surface area contributed by atoms with Crippen LogP contribution in [-0.4, -0.2) is 30.7 Å². The molecule has 3 rings (SSSR count). The smallest absolute Gasteiger partial charge is 0.338 e. The molecule has 0 bridgehead atoms. The fourth-order valence-electron chi connectivity index (χ4n) is 2.76. The van der Waals surface area contributed by atoms with Gasteiger partial charge in [-0.3, -0.25) is 0 Å². The average Bonchev–Trinajstić information content (AvgIpc) is 2.85. The molecule has 5 heteroatoms. The summed E-state index contributed by atoms with van der Waals surface area (Å²) in [5.74, 6) is -1.12. The van der Waals surface area contributed by atoms with Gasteiger partial charge in [0.1, 0.15) is 0 Å². The first-order valence-electron chi connectivity index (χ1n) is 6.76. The molecule has 5 nitrogen and oxygen atoms in total. The lowest BCUT2D eigenvalue weighted by molar-refractivity contribution is 0.0555. The van der Waals surface area contributed by atoms with Crippen molar-refractivity contribution in [3.8, 4) is 0 Å². The molecule has 2 aromatic carbocycles. The summed E-state index contributed by atoms with van der Waals surface area (Å²) in [5, 5.41) is 1.91. The fourth-order valence-corrected chi connectivity index (χ4v) is 2.76. The van der Waals surface area contributed by atoms with E-state index in [-0.39, 0.29) is 11.1 Å². The predicted molar refractivity (Wildman–Crippen MR) is 83.1 cm³/mol. The Morgan fingerprint density at radius 3 is 2.09 bits per heavy atom. The second-order valence-corrected chi connectivity index (χ2v) is 4.97. The normalized spacial score (nSPS) is 10.9. The van der Waals surface area contributed by atoms with Gasteiger partial charge in [0.05, 0.1) is 25.3 Å². The van der Waals surface area contributed by atoms with Crippen LogP contribution in [0.2, 0.25) is 0 Å². The van der Waals surface area contributed by atoms with Gasteiger partial charge in [-0.1, -0.05) is 18.2 Å². The van der Waals surface area contributed by atoms with Crippen LogP contribution in [0.15, 0.2) is 36.4 Å². The summed E-state index contributed by atoms with van der Waals surface area (Å²) in [6.45, 7) is 0. The second-order valence-electron chi connectivity index (χ2n) is 4.97. The summed E-state index contributed by atoms with van der Waals surface area (Å²) in [5.41, 5.74) is 2.29. The number of aryl methyl sites for hydroxylation is 1. The molecule has 3 aromatic rings. The zero-order chi connectivity index (χ0) is 15.9. The van der Waals surface area contributed by atoms with Crippen molar-refractivity contribution < 1.29 is 19.1 Å². The largest absolute Gasteiger partial charge is 0.465 e. The minimum Gasteiger partial charge on any atom is -0.465 e. The van der Waals surface area contributed by atoms with Crippen LogP contribution in [0.5, 0.6) is 0 Å². The molecule has 0 atom stereocenters. The van der Waals surface area contributed by atoms with E-state index in [0.29, 0.717) is 0 Å². The maximum Gasteiger partial charge on any atom is 0.338 e. The van der Waals surface area contributed by atoms with Crippen LogP contribution in [-0.2, 0) is 16.5 Å². The van der Waals surface area contributed by atoms with Crippen LogP contribution in [0, 0.1) is 0 Å². The van der Waals surface area contributed by atoms with Crippen LogP contribution >= 0.6 is 0 Å². The van der Waals surface area contributed by atoms with Crippen molar-refractivity contribution in [2.45, 2.75) is 0 Å². The van der Waals surface area contributed by atoms with Crippen molar-refractivity contribution in [3.63, 3.8) is 0 Å². The maximum absolute atomic E-state index is 12.0. The van der Waals surface area contributed by atoms with E-state index < -0.39 is 11.9 Å². The quantitative estimate of drug-likeness (QED) is 0.682. The third-order valence-corrected chi connectivity index (χ3v) is 3.86. The second kappa shape index (κ2) is 5.18. The summed E-state index contributed by atoms with van der Waals surface area (Å²) >= 11 is 0. The number of ether oxygens (including phenoxy) is 2. The Bertz CT molecular complexity index is 908. The van der Waals surface area contributed by atoms with Gasteiger partial charge in [-0.2, -0.15) is 0 Å². The third kappa shape index (κ3) is 1.94. The SMILES string of the molecule is COC(=O)c1cc2c3ccccc3n(C)c2cc1C(=O)OC. The number of carbonyl (C=O) groups excluding carboxylic acids is 2. The number of rotatable bonds is 2. The number of nitrogens with zero attached hydrogens (tertiary/aromatic N) is 1. The van der Waals surface area contributed by atoms with E-state index in [1.165, 1.54) is 14.2 Å². The summed E-state index contributed by atoms with van der Waals surface area (Å²) in [6.07, 6.45) is 0. The number of para-hydroxylation sites is 1. The van der Waals surface area contributed by atoms with Gasteiger partial charge in [0, 0.05) is 28.9 Å². The van der Waals surface area contributed by atoms with Crippen LogP contribution in [0.25, 0.3) is 21.8 Å². The van der Waals surface area contributed by atoms with Crippen molar-refractivity contribution in [1.82, 2.24) is 4.57 Å². The highest BCUT2D eigenvalue weighted by Gasteiger charge is 2.21. The molecule has 0 spiro atoms. The summed E-state index contributed by atoms with van der Waals surface area (Å²) in [6, 6.07) is 11.2. The lowest BCUT2D eigenvalue weighted by atomic mass is 10.0. The first-order chi connectivity index (χ1) is 10.6. The molecule has 0 aliphatic rings. The Hall–Kier alpha value is -2.82. The van der Waals surface area contributed by atoms with Gasteiger partial charge in [-0.05, 0) is 18.2 Å². The minimum atomic E-state index is -0.562. The highest BCUT2D eigenvalue weighted by Crippen LogP contribution is 2.31. The molecule has 0 aliphatic carbocycles. The molecule has 0 aliphatic heterocycles. The van der Waals surface area contributed by atoms with Crippen LogP contribution < -0.4 is 0 Å². The van der Waals surface area contributed by atoms with Crippen molar-refractivity contribution >= 4 is 33.7 Å². The van der Waals surface area contributed by atoms with E-state index >= 15 is 0 Å². The molecule has 0 saturated carbocycles. The molecule has 0 fully saturated rings. The van der Waals surface area contributed by atoms with Crippen molar-refractivity contribution in [1.29, 1.82) is 0 Å². The van der Waals surface area contributed by atoms with Gasteiger partial charge >= 0.3 is 11.9 Å². The van der Waals surface area contributed by atoms with Crippen LogP contribution in [0.1, 0.15) is 20.7 Å². The maximum atomic E-state index is 12.0. The number of benzene rings is 2. The number of methoxy groups -OCH3 is 2. The number of hydrogen-bond acceptors (Lipinski definition) is 4. The van der Waals surface area contributed by atoms with Gasteiger partial charge in [0.2, 0.25) is 0 Å². The highest BCUT2D eigenvalue weighted by atomic mass is 16.5. The van der Waals surface area contributed by atoms with Crippen LogP contribution in [0.3, 0.4) is 0 Å². The Balaban J connectivity index is 2.44. The molecular weight excluding hydrogens is 282 g/mol. The summed E-state index contributed by atoms with van der Waals surface area (Å²) in [7, 11) is 4.50. The lowest BCUT2D eigenvalue weighted by Crippen LogP contribution is -2.12. The molecule has 1 aromatic heterocycles. The van der Waals surface area contributed by atoms with Gasteiger partial charge in [-0.15, -0.1) is 0 Å². The fraction of sp³-hybridized carbons (Fsp3) is 0.176. The van der Waals surface area contributed by atoms with E-state index in [1.807, 2.05) is 35.9 Å². The zero-order valence-corrected chi connectivity index (χ0v) is 12.5. The molecule has 112 valence electrons. The van der Waals surface area contributed by atoms with Gasteiger partial charge in [-0.25, -0.2) is 9.59 Å².